The molecule has 0 saturated carbocycles. The van der Waals surface area contributed by atoms with Crippen molar-refractivity contribution in [2.75, 3.05) is 0 Å². The topological polar surface area (TPSA) is 23.0 Å². The lowest BCUT2D eigenvalue weighted by Crippen LogP contribution is -1.94. The second kappa shape index (κ2) is 11.6. The van der Waals surface area contributed by atoms with Gasteiger partial charge in [0, 0.05) is 38.0 Å². The first-order valence-electron chi connectivity index (χ1n) is 18.8. The van der Waals surface area contributed by atoms with Crippen molar-refractivity contribution in [3.8, 4) is 33.6 Å². The maximum Gasteiger partial charge on any atom is 0.159 e. The first kappa shape index (κ1) is 30.1. The lowest BCUT2D eigenvalue weighted by molar-refractivity contribution is 0.666. The van der Waals surface area contributed by atoms with Crippen molar-refractivity contribution in [1.82, 2.24) is 9.13 Å². The fourth-order valence-electron chi connectivity index (χ4n) is 8.92. The molecule has 3 heterocycles. The average molecular weight is 701 g/mol. The minimum absolute atomic E-state index is 0.895. The Morgan fingerprint density at radius 2 is 0.836 bits per heavy atom. The van der Waals surface area contributed by atoms with Crippen molar-refractivity contribution >= 4 is 76.3 Å². The Morgan fingerprint density at radius 3 is 1.53 bits per heavy atom. The van der Waals surface area contributed by atoms with E-state index in [0.29, 0.717) is 0 Å². The van der Waals surface area contributed by atoms with Gasteiger partial charge < -0.3 is 13.6 Å². The van der Waals surface area contributed by atoms with Crippen molar-refractivity contribution in [2.24, 2.45) is 0 Å². The van der Waals surface area contributed by atoms with Gasteiger partial charge in [-0.25, -0.2) is 0 Å². The number of nitrogens with zero attached hydrogens (tertiary/aromatic N) is 2. The average Bonchev–Trinajstić information content (AvgIpc) is 3.90. The predicted molar refractivity (Wildman–Crippen MR) is 231 cm³/mol. The van der Waals surface area contributed by atoms with E-state index >= 15 is 0 Å². The minimum atomic E-state index is 0.895. The summed E-state index contributed by atoms with van der Waals surface area (Å²) in [5.74, 6) is 0. The number of rotatable bonds is 4. The molecule has 0 aliphatic rings. The van der Waals surface area contributed by atoms with E-state index in [4.69, 9.17) is 4.42 Å². The Bertz CT molecular complexity index is 3470. The zero-order valence-electron chi connectivity index (χ0n) is 29.8. The zero-order valence-corrected chi connectivity index (χ0v) is 29.8. The van der Waals surface area contributed by atoms with Crippen LogP contribution in [-0.4, -0.2) is 9.13 Å². The van der Waals surface area contributed by atoms with Gasteiger partial charge in [-0.05, 0) is 106 Å². The van der Waals surface area contributed by atoms with Crippen LogP contribution < -0.4 is 0 Å². The van der Waals surface area contributed by atoms with E-state index in [0.717, 1.165) is 44.3 Å². The Kier molecular flexibility index (Phi) is 6.34. The van der Waals surface area contributed by atoms with Gasteiger partial charge in [0.05, 0.1) is 27.8 Å². The Balaban J connectivity index is 1.11. The molecule has 0 amide bonds. The second-order valence-corrected chi connectivity index (χ2v) is 14.5. The highest BCUT2D eigenvalue weighted by atomic mass is 16.3. The summed E-state index contributed by atoms with van der Waals surface area (Å²) in [5.41, 5.74) is 13.5. The SMILES string of the molecule is c1ccc(-c2ccc3c(c2)c2cc(-c4ccc5c(c4)c4cc6ccccc6cc4n5-c4ccccc4)ccc2n3-c2cccc3c2oc2ccccc23)cc1. The molecule has 0 bridgehead atoms. The summed E-state index contributed by atoms with van der Waals surface area (Å²) in [7, 11) is 0. The molecule has 0 N–H and O–H groups in total. The molecule has 3 nitrogen and oxygen atoms in total. The standard InChI is InChI=1S/C52H32N2O/c1-3-12-33(13-4-1)36-22-26-47-42(29-36)43-30-38(24-27-48(43)54(47)49-20-11-19-41-40-18-9-10-21-51(40)55-52(41)49)37-23-25-46-44(31-37)45-28-34-14-7-8-15-35(34)32-50(45)53(46)39-16-5-2-6-17-39/h1-32H. The van der Waals surface area contributed by atoms with Crippen molar-refractivity contribution in [3.05, 3.63) is 194 Å². The van der Waals surface area contributed by atoms with Crippen LogP contribution in [0, 0.1) is 0 Å². The number of aromatic nitrogens is 2. The molecule has 0 unspecified atom stereocenters. The first-order chi connectivity index (χ1) is 27.3. The van der Waals surface area contributed by atoms with E-state index in [9.17, 15) is 0 Å². The summed E-state index contributed by atoms with van der Waals surface area (Å²) in [6.07, 6.45) is 0. The first-order valence-corrected chi connectivity index (χ1v) is 18.8. The number of hydrogen-bond acceptors (Lipinski definition) is 1. The van der Waals surface area contributed by atoms with Crippen LogP contribution in [0.4, 0.5) is 0 Å². The van der Waals surface area contributed by atoms with Gasteiger partial charge in [-0.1, -0.05) is 121 Å². The van der Waals surface area contributed by atoms with Gasteiger partial charge in [-0.15, -0.1) is 0 Å². The second-order valence-electron chi connectivity index (χ2n) is 14.5. The van der Waals surface area contributed by atoms with Crippen LogP contribution in [0.2, 0.25) is 0 Å². The van der Waals surface area contributed by atoms with Crippen LogP contribution >= 0.6 is 0 Å². The van der Waals surface area contributed by atoms with Crippen LogP contribution in [0.25, 0.3) is 110 Å². The molecular weight excluding hydrogens is 669 g/mol. The summed E-state index contributed by atoms with van der Waals surface area (Å²) in [5, 5.41) is 9.65. The molecule has 9 aromatic carbocycles. The van der Waals surface area contributed by atoms with E-state index in [1.807, 2.05) is 6.07 Å². The Morgan fingerprint density at radius 1 is 0.309 bits per heavy atom. The highest BCUT2D eigenvalue weighted by Gasteiger charge is 2.20. The Labute approximate surface area is 316 Å². The molecule has 0 atom stereocenters. The fourth-order valence-corrected chi connectivity index (χ4v) is 8.92. The minimum Gasteiger partial charge on any atom is -0.454 e. The smallest absolute Gasteiger partial charge is 0.159 e. The molecule has 0 saturated heterocycles. The van der Waals surface area contributed by atoms with Gasteiger partial charge in [-0.3, -0.25) is 0 Å². The predicted octanol–water partition coefficient (Wildman–Crippen LogP) is 14.3. The van der Waals surface area contributed by atoms with Crippen LogP contribution in [0.1, 0.15) is 0 Å². The van der Waals surface area contributed by atoms with Crippen LogP contribution in [0.5, 0.6) is 0 Å². The van der Waals surface area contributed by atoms with E-state index < -0.39 is 0 Å². The van der Waals surface area contributed by atoms with Gasteiger partial charge in [0.2, 0.25) is 0 Å². The van der Waals surface area contributed by atoms with Gasteiger partial charge in [-0.2, -0.15) is 0 Å². The van der Waals surface area contributed by atoms with Crippen LogP contribution in [0.15, 0.2) is 199 Å². The van der Waals surface area contributed by atoms with E-state index in [1.165, 1.54) is 65.6 Å². The molecule has 0 spiro atoms. The van der Waals surface area contributed by atoms with Crippen molar-refractivity contribution in [1.29, 1.82) is 0 Å². The third-order valence-electron chi connectivity index (χ3n) is 11.5. The molecule has 256 valence electrons. The summed E-state index contributed by atoms with van der Waals surface area (Å²) in [6.45, 7) is 0. The normalized spacial score (nSPS) is 12.0. The molecule has 12 rings (SSSR count). The number of hydrogen-bond donors (Lipinski definition) is 0. The van der Waals surface area contributed by atoms with Crippen molar-refractivity contribution in [3.63, 3.8) is 0 Å². The van der Waals surface area contributed by atoms with Gasteiger partial charge in [0.25, 0.3) is 0 Å². The number of benzene rings is 9. The third kappa shape index (κ3) is 4.50. The largest absolute Gasteiger partial charge is 0.454 e. The number of furan rings is 1. The summed E-state index contributed by atoms with van der Waals surface area (Å²) >= 11 is 0. The molecule has 0 fully saturated rings. The Hall–Kier alpha value is -7.36. The summed E-state index contributed by atoms with van der Waals surface area (Å²) < 4.78 is 11.4. The molecule has 0 radical (unpaired) electrons. The number of fused-ring (bicyclic) bond motifs is 10. The molecular formula is C52H32N2O. The highest BCUT2D eigenvalue weighted by Crippen LogP contribution is 2.42. The van der Waals surface area contributed by atoms with Crippen molar-refractivity contribution in [2.45, 2.75) is 0 Å². The lowest BCUT2D eigenvalue weighted by atomic mass is 9.99. The van der Waals surface area contributed by atoms with E-state index in [-0.39, 0.29) is 0 Å². The fraction of sp³-hybridized carbons (Fsp3) is 0. The monoisotopic (exact) mass is 700 g/mol. The maximum absolute atomic E-state index is 6.61. The van der Waals surface area contributed by atoms with Crippen LogP contribution in [0.3, 0.4) is 0 Å². The molecule has 12 aromatic rings. The quantitative estimate of drug-likeness (QED) is 0.179. The molecule has 3 aromatic heterocycles. The van der Waals surface area contributed by atoms with Gasteiger partial charge in [0.1, 0.15) is 5.58 Å². The van der Waals surface area contributed by atoms with Crippen LogP contribution in [-0.2, 0) is 0 Å². The van der Waals surface area contributed by atoms with Gasteiger partial charge >= 0.3 is 0 Å². The molecule has 3 heteroatoms. The molecule has 0 aliphatic carbocycles. The number of para-hydroxylation sites is 3. The lowest BCUT2D eigenvalue weighted by Gasteiger charge is -2.10. The summed E-state index contributed by atoms with van der Waals surface area (Å²) in [4.78, 5) is 0. The van der Waals surface area contributed by atoms with E-state index in [2.05, 4.69) is 197 Å². The molecule has 55 heavy (non-hydrogen) atoms. The summed E-state index contributed by atoms with van der Waals surface area (Å²) in [6, 6.07) is 70.3. The van der Waals surface area contributed by atoms with E-state index in [1.54, 1.807) is 0 Å². The zero-order chi connectivity index (χ0) is 36.0. The molecule has 0 aliphatic heterocycles. The maximum atomic E-state index is 6.61. The van der Waals surface area contributed by atoms with Crippen molar-refractivity contribution < 1.29 is 4.42 Å². The highest BCUT2D eigenvalue weighted by molar-refractivity contribution is 6.16. The third-order valence-corrected chi connectivity index (χ3v) is 11.5. The van der Waals surface area contributed by atoms with Gasteiger partial charge in [0.15, 0.2) is 5.58 Å².